The first kappa shape index (κ1) is 17.3. The van der Waals surface area contributed by atoms with Gasteiger partial charge in [-0.15, -0.1) is 0 Å². The number of Topliss-reactive ketones (excluding diaryl/α,β-unsaturated/α-hetero) is 1. The van der Waals surface area contributed by atoms with E-state index in [1.165, 1.54) is 20.3 Å². The molecule has 0 saturated carbocycles. The lowest BCUT2D eigenvalue weighted by atomic mass is 10.1. The van der Waals surface area contributed by atoms with Gasteiger partial charge in [-0.25, -0.2) is 0 Å². The molecule has 2 aromatic carbocycles. The summed E-state index contributed by atoms with van der Waals surface area (Å²) < 4.78 is 10.4. The Labute approximate surface area is 148 Å². The second-order valence-corrected chi connectivity index (χ2v) is 5.67. The van der Waals surface area contributed by atoms with E-state index in [9.17, 15) is 25.1 Å². The number of phenols is 2. The maximum absolute atomic E-state index is 12.6. The summed E-state index contributed by atoms with van der Waals surface area (Å²) in [5.41, 5.74) is 0.275. The van der Waals surface area contributed by atoms with Gasteiger partial charge in [-0.2, -0.15) is 0 Å². The fraction of sp³-hybridized carbons (Fsp3) is 0.167. The number of carbonyl (C=O) groups excluding carboxylic acids is 1. The van der Waals surface area contributed by atoms with Crippen LogP contribution < -0.4 is 9.47 Å². The normalized spacial score (nSPS) is 14.4. The average Bonchev–Trinajstić information content (AvgIpc) is 2.90. The first-order valence-electron chi connectivity index (χ1n) is 7.56. The Bertz CT molecular complexity index is 962. The van der Waals surface area contributed by atoms with E-state index in [1.807, 2.05) is 0 Å². The van der Waals surface area contributed by atoms with Crippen LogP contribution in [0.5, 0.6) is 23.0 Å². The topological polar surface area (TPSA) is 119 Å². The fourth-order valence-electron chi connectivity index (χ4n) is 2.97. The molecule has 0 fully saturated rings. The largest absolute Gasteiger partial charge is 0.504 e. The molecule has 0 atom stereocenters. The van der Waals surface area contributed by atoms with Crippen LogP contribution in [-0.2, 0) is 6.42 Å². The van der Waals surface area contributed by atoms with Crippen molar-refractivity contribution < 1.29 is 29.4 Å². The molecular formula is C18H15NO7. The Morgan fingerprint density at radius 1 is 1.15 bits per heavy atom. The standard InChI is InChI=1S/C18H15NO7/c1-25-13-4-3-9(6-14(13)26-2)5-11-7-10-8-12(20)18(22)16(19(23)24)15(10)17(11)21/h3-6,8,20,22H,7H2,1-2H3. The zero-order valence-corrected chi connectivity index (χ0v) is 14.0. The number of hydrogen-bond acceptors (Lipinski definition) is 7. The number of carbonyl (C=O) groups is 1. The predicted octanol–water partition coefficient (Wildman–Crippen LogP) is 2.85. The van der Waals surface area contributed by atoms with Gasteiger partial charge in [0.1, 0.15) is 5.56 Å². The van der Waals surface area contributed by atoms with Gasteiger partial charge in [-0.05, 0) is 35.4 Å². The molecule has 2 aromatic rings. The minimum Gasteiger partial charge on any atom is -0.504 e. The number of fused-ring (bicyclic) bond motifs is 1. The lowest BCUT2D eigenvalue weighted by molar-refractivity contribution is -0.386. The third-order valence-corrected chi connectivity index (χ3v) is 4.17. The smallest absolute Gasteiger partial charge is 0.326 e. The van der Waals surface area contributed by atoms with Gasteiger partial charge in [0.05, 0.1) is 19.1 Å². The Morgan fingerprint density at radius 3 is 2.46 bits per heavy atom. The van der Waals surface area contributed by atoms with E-state index >= 15 is 0 Å². The molecule has 0 radical (unpaired) electrons. The molecule has 8 nitrogen and oxygen atoms in total. The van der Waals surface area contributed by atoms with Crippen LogP contribution in [0.25, 0.3) is 6.08 Å². The number of nitrogens with zero attached hydrogens (tertiary/aromatic N) is 1. The predicted molar refractivity (Wildman–Crippen MR) is 92.0 cm³/mol. The van der Waals surface area contributed by atoms with E-state index in [4.69, 9.17) is 9.47 Å². The summed E-state index contributed by atoms with van der Waals surface area (Å²) in [5.74, 6) is -1.09. The summed E-state index contributed by atoms with van der Waals surface area (Å²) >= 11 is 0. The number of ketones is 1. The highest BCUT2D eigenvalue weighted by molar-refractivity contribution is 6.18. The number of benzene rings is 2. The maximum Gasteiger partial charge on any atom is 0.326 e. The van der Waals surface area contributed by atoms with Crippen LogP contribution in [0, 0.1) is 10.1 Å². The first-order valence-corrected chi connectivity index (χ1v) is 7.56. The Kier molecular flexibility index (Phi) is 4.25. The fourth-order valence-corrected chi connectivity index (χ4v) is 2.97. The molecule has 2 N–H and O–H groups in total. The Morgan fingerprint density at radius 2 is 1.85 bits per heavy atom. The molecule has 0 spiro atoms. The van der Waals surface area contributed by atoms with Crippen LogP contribution in [-0.4, -0.2) is 35.1 Å². The number of nitro benzene ring substituents is 1. The van der Waals surface area contributed by atoms with Gasteiger partial charge in [-0.1, -0.05) is 6.07 Å². The van der Waals surface area contributed by atoms with Gasteiger partial charge in [0.15, 0.2) is 23.0 Å². The highest BCUT2D eigenvalue weighted by atomic mass is 16.6. The van der Waals surface area contributed by atoms with E-state index < -0.39 is 27.9 Å². The molecule has 0 unspecified atom stereocenters. The third kappa shape index (κ3) is 2.71. The van der Waals surface area contributed by atoms with E-state index in [0.717, 1.165) is 0 Å². The quantitative estimate of drug-likeness (QED) is 0.374. The van der Waals surface area contributed by atoms with Crippen molar-refractivity contribution in [3.63, 3.8) is 0 Å². The molecule has 3 rings (SSSR count). The van der Waals surface area contributed by atoms with Gasteiger partial charge >= 0.3 is 5.69 Å². The molecule has 0 amide bonds. The summed E-state index contributed by atoms with van der Waals surface area (Å²) in [6.45, 7) is 0. The average molecular weight is 357 g/mol. The molecule has 0 bridgehead atoms. The van der Waals surface area contributed by atoms with Crippen molar-refractivity contribution in [1.82, 2.24) is 0 Å². The molecule has 0 aromatic heterocycles. The molecule has 134 valence electrons. The Hall–Kier alpha value is -3.55. The lowest BCUT2D eigenvalue weighted by Gasteiger charge is -2.08. The second kappa shape index (κ2) is 6.40. The molecule has 0 heterocycles. The van der Waals surface area contributed by atoms with Crippen LogP contribution in [0.4, 0.5) is 5.69 Å². The number of aromatic hydroxyl groups is 2. The summed E-state index contributed by atoms with van der Waals surface area (Å²) in [6.07, 6.45) is 1.69. The summed E-state index contributed by atoms with van der Waals surface area (Å²) in [4.78, 5) is 23.0. The van der Waals surface area contributed by atoms with E-state index in [0.29, 0.717) is 28.2 Å². The number of allylic oxidation sites excluding steroid dienone is 1. The number of rotatable bonds is 4. The highest BCUT2D eigenvalue weighted by Gasteiger charge is 2.37. The van der Waals surface area contributed by atoms with Crippen LogP contribution in [0.15, 0.2) is 29.8 Å². The van der Waals surface area contributed by atoms with Gasteiger partial charge in [0, 0.05) is 12.0 Å². The van der Waals surface area contributed by atoms with E-state index in [1.54, 1.807) is 24.3 Å². The number of nitro groups is 1. The van der Waals surface area contributed by atoms with Crippen LogP contribution in [0.1, 0.15) is 21.5 Å². The molecule has 8 heteroatoms. The second-order valence-electron chi connectivity index (χ2n) is 5.67. The van der Waals surface area contributed by atoms with Gasteiger partial charge in [-0.3, -0.25) is 14.9 Å². The van der Waals surface area contributed by atoms with Crippen molar-refractivity contribution in [3.05, 3.63) is 56.6 Å². The Balaban J connectivity index is 2.07. The molecule has 0 aliphatic heterocycles. The minimum absolute atomic E-state index is 0.108. The lowest BCUT2D eigenvalue weighted by Crippen LogP contribution is -2.02. The van der Waals surface area contributed by atoms with Crippen molar-refractivity contribution in [2.75, 3.05) is 14.2 Å². The molecular weight excluding hydrogens is 342 g/mol. The molecule has 0 saturated heterocycles. The van der Waals surface area contributed by atoms with Crippen LogP contribution in [0.2, 0.25) is 0 Å². The SMILES string of the molecule is COc1ccc(C=C2Cc3cc(O)c(O)c([N+](=O)[O-])c3C2=O)cc1OC. The van der Waals surface area contributed by atoms with Gasteiger partial charge in [0.2, 0.25) is 5.75 Å². The van der Waals surface area contributed by atoms with Crippen molar-refractivity contribution in [1.29, 1.82) is 0 Å². The van der Waals surface area contributed by atoms with Crippen LogP contribution in [0.3, 0.4) is 0 Å². The van der Waals surface area contributed by atoms with E-state index in [-0.39, 0.29) is 12.0 Å². The number of hydrogen-bond donors (Lipinski definition) is 2. The van der Waals surface area contributed by atoms with Crippen molar-refractivity contribution in [3.8, 4) is 23.0 Å². The third-order valence-electron chi connectivity index (χ3n) is 4.17. The zero-order chi connectivity index (χ0) is 19.0. The monoisotopic (exact) mass is 357 g/mol. The highest BCUT2D eigenvalue weighted by Crippen LogP contribution is 2.45. The molecule has 26 heavy (non-hydrogen) atoms. The zero-order valence-electron chi connectivity index (χ0n) is 14.0. The first-order chi connectivity index (χ1) is 12.4. The van der Waals surface area contributed by atoms with Gasteiger partial charge in [0.25, 0.3) is 0 Å². The van der Waals surface area contributed by atoms with Crippen molar-refractivity contribution in [2.45, 2.75) is 6.42 Å². The van der Waals surface area contributed by atoms with Crippen molar-refractivity contribution >= 4 is 17.5 Å². The number of methoxy groups -OCH3 is 2. The summed E-state index contributed by atoms with van der Waals surface area (Å²) in [7, 11) is 2.99. The minimum atomic E-state index is -0.908. The summed E-state index contributed by atoms with van der Waals surface area (Å²) in [6, 6.07) is 6.24. The van der Waals surface area contributed by atoms with Crippen molar-refractivity contribution in [2.24, 2.45) is 0 Å². The van der Waals surface area contributed by atoms with Crippen LogP contribution >= 0.6 is 0 Å². The van der Waals surface area contributed by atoms with Gasteiger partial charge < -0.3 is 19.7 Å². The maximum atomic E-state index is 12.6. The van der Waals surface area contributed by atoms with E-state index in [2.05, 4.69) is 0 Å². The molecule has 1 aliphatic rings. The summed E-state index contributed by atoms with van der Waals surface area (Å²) in [5, 5.41) is 30.7. The number of ether oxygens (including phenoxy) is 2. The number of phenolic OH excluding ortho intramolecular Hbond substituents is 2. The molecule has 1 aliphatic carbocycles.